The number of carbonyl (C=O) groups excluding carboxylic acids is 1. The molecule has 1 aromatic rings. The molecule has 1 N–H and O–H groups in total. The van der Waals surface area contributed by atoms with Gasteiger partial charge in [0.05, 0.1) is 0 Å². The first-order valence-electron chi connectivity index (χ1n) is 8.72. The minimum atomic E-state index is 0.0694. The van der Waals surface area contributed by atoms with E-state index in [9.17, 15) is 4.79 Å². The molecule has 118 valence electrons. The zero-order chi connectivity index (χ0) is 15.5. The lowest BCUT2D eigenvalue weighted by molar-refractivity contribution is -0.109. The molecule has 0 aromatic heterocycles. The second-order valence-corrected chi connectivity index (χ2v) is 7.04. The summed E-state index contributed by atoms with van der Waals surface area (Å²) in [5, 5.41) is 3.69. The Bertz CT molecular complexity index is 569. The van der Waals surface area contributed by atoms with Crippen molar-refractivity contribution in [2.24, 2.45) is 11.8 Å². The highest BCUT2D eigenvalue weighted by Crippen LogP contribution is 2.41. The summed E-state index contributed by atoms with van der Waals surface area (Å²) in [4.78, 5) is 11.4. The van der Waals surface area contributed by atoms with Crippen LogP contribution in [0.1, 0.15) is 57.9 Å². The summed E-state index contributed by atoms with van der Waals surface area (Å²) in [7, 11) is 0. The van der Waals surface area contributed by atoms with Gasteiger partial charge < -0.3 is 10.1 Å². The van der Waals surface area contributed by atoms with E-state index in [2.05, 4.69) is 43.4 Å². The van der Waals surface area contributed by atoms with E-state index in [-0.39, 0.29) is 5.92 Å². The molecule has 0 spiro atoms. The van der Waals surface area contributed by atoms with Gasteiger partial charge in [-0.05, 0) is 55.4 Å². The minimum absolute atomic E-state index is 0.0694. The smallest absolute Gasteiger partial charge is 0.127 e. The molecule has 2 aliphatic carbocycles. The molecule has 2 heteroatoms. The van der Waals surface area contributed by atoms with Gasteiger partial charge in [0.2, 0.25) is 0 Å². The third-order valence-electron chi connectivity index (χ3n) is 5.46. The molecule has 0 heterocycles. The van der Waals surface area contributed by atoms with Crippen LogP contribution >= 0.6 is 0 Å². The molecule has 0 radical (unpaired) electrons. The first-order chi connectivity index (χ1) is 10.7. The van der Waals surface area contributed by atoms with Crippen LogP contribution in [0.2, 0.25) is 0 Å². The van der Waals surface area contributed by atoms with E-state index in [4.69, 9.17) is 0 Å². The van der Waals surface area contributed by atoms with Gasteiger partial charge in [0, 0.05) is 17.6 Å². The highest BCUT2D eigenvalue weighted by molar-refractivity contribution is 5.85. The Morgan fingerprint density at radius 1 is 1.18 bits per heavy atom. The van der Waals surface area contributed by atoms with Crippen LogP contribution in [0.4, 0.5) is 5.69 Å². The maximum atomic E-state index is 11.4. The quantitative estimate of drug-likeness (QED) is 0.787. The maximum absolute atomic E-state index is 11.4. The molecule has 2 nitrogen and oxygen atoms in total. The number of rotatable bonds is 4. The van der Waals surface area contributed by atoms with Crippen LogP contribution in [0.3, 0.4) is 0 Å². The molecule has 22 heavy (non-hydrogen) atoms. The lowest BCUT2D eigenvalue weighted by atomic mass is 9.93. The Morgan fingerprint density at radius 3 is 2.68 bits per heavy atom. The largest absolute Gasteiger partial charge is 0.382 e. The van der Waals surface area contributed by atoms with E-state index in [1.54, 1.807) is 0 Å². The number of benzene rings is 1. The van der Waals surface area contributed by atoms with Gasteiger partial charge in [-0.1, -0.05) is 43.9 Å². The number of hydrogen-bond acceptors (Lipinski definition) is 2. The fourth-order valence-corrected chi connectivity index (χ4v) is 4.06. The lowest BCUT2D eigenvalue weighted by Crippen LogP contribution is -2.22. The minimum Gasteiger partial charge on any atom is -0.382 e. The second kappa shape index (κ2) is 6.68. The van der Waals surface area contributed by atoms with E-state index in [1.165, 1.54) is 54.5 Å². The second-order valence-electron chi connectivity index (χ2n) is 7.04. The van der Waals surface area contributed by atoms with Gasteiger partial charge in [0.25, 0.3) is 0 Å². The van der Waals surface area contributed by atoms with E-state index in [1.807, 2.05) is 0 Å². The first kappa shape index (κ1) is 15.3. The summed E-state index contributed by atoms with van der Waals surface area (Å²) in [5.41, 5.74) is 5.07. The lowest BCUT2D eigenvalue weighted by Gasteiger charge is -2.24. The molecule has 2 atom stereocenters. The standard InChI is InChI=1S/C20H27NO/c1-14-11-17(13-22)20(15(14)2)16-7-6-10-19(12-16)21-18-8-4-3-5-9-18/h6-7,10,12-14,17-18,21H,3-5,8-9,11H2,1-2H3. The van der Waals surface area contributed by atoms with E-state index in [0.29, 0.717) is 12.0 Å². The van der Waals surface area contributed by atoms with Gasteiger partial charge in [-0.3, -0.25) is 0 Å². The first-order valence-corrected chi connectivity index (χ1v) is 8.72. The summed E-state index contributed by atoms with van der Waals surface area (Å²) in [6.45, 7) is 4.41. The van der Waals surface area contributed by atoms with Crippen molar-refractivity contribution in [2.45, 2.75) is 58.4 Å². The molecule has 2 unspecified atom stereocenters. The fraction of sp³-hybridized carbons (Fsp3) is 0.550. The van der Waals surface area contributed by atoms with Crippen molar-refractivity contribution in [3.8, 4) is 0 Å². The summed E-state index contributed by atoms with van der Waals surface area (Å²) in [6, 6.07) is 9.28. The number of allylic oxidation sites excluding steroid dienone is 2. The van der Waals surface area contributed by atoms with Gasteiger partial charge in [-0.2, -0.15) is 0 Å². The number of aldehydes is 1. The van der Waals surface area contributed by atoms with Crippen LogP contribution < -0.4 is 5.32 Å². The molecule has 1 aromatic carbocycles. The average Bonchev–Trinajstić information content (AvgIpc) is 2.83. The molecule has 1 saturated carbocycles. The summed E-state index contributed by atoms with van der Waals surface area (Å²) >= 11 is 0. The molecule has 2 aliphatic rings. The van der Waals surface area contributed by atoms with Crippen molar-refractivity contribution in [1.29, 1.82) is 0 Å². The number of carbonyl (C=O) groups is 1. The topological polar surface area (TPSA) is 29.1 Å². The summed E-state index contributed by atoms with van der Waals surface area (Å²) in [6.07, 6.45) is 8.70. The van der Waals surface area contributed by atoms with Gasteiger partial charge in [-0.25, -0.2) is 0 Å². The van der Waals surface area contributed by atoms with Gasteiger partial charge in [0.15, 0.2) is 0 Å². The fourth-order valence-electron chi connectivity index (χ4n) is 4.06. The van der Waals surface area contributed by atoms with Crippen molar-refractivity contribution in [1.82, 2.24) is 0 Å². The van der Waals surface area contributed by atoms with Crippen molar-refractivity contribution in [3.63, 3.8) is 0 Å². The van der Waals surface area contributed by atoms with Crippen molar-refractivity contribution < 1.29 is 4.79 Å². The molecule has 0 saturated heterocycles. The molecular weight excluding hydrogens is 270 g/mol. The Morgan fingerprint density at radius 2 is 1.95 bits per heavy atom. The third-order valence-corrected chi connectivity index (χ3v) is 5.46. The number of hydrogen-bond donors (Lipinski definition) is 1. The molecule has 3 rings (SSSR count). The average molecular weight is 297 g/mol. The highest BCUT2D eigenvalue weighted by atomic mass is 16.1. The SMILES string of the molecule is CC1=C(c2cccc(NC3CCCCC3)c2)C(C=O)CC1C. The third kappa shape index (κ3) is 3.11. The van der Waals surface area contributed by atoms with E-state index >= 15 is 0 Å². The van der Waals surface area contributed by atoms with Crippen molar-refractivity contribution in [3.05, 3.63) is 35.4 Å². The van der Waals surface area contributed by atoms with E-state index < -0.39 is 0 Å². The van der Waals surface area contributed by atoms with Gasteiger partial charge in [-0.15, -0.1) is 0 Å². The summed E-state index contributed by atoms with van der Waals surface area (Å²) in [5.74, 6) is 0.583. The summed E-state index contributed by atoms with van der Waals surface area (Å²) < 4.78 is 0. The van der Waals surface area contributed by atoms with Crippen LogP contribution in [0.5, 0.6) is 0 Å². The number of nitrogens with one attached hydrogen (secondary N) is 1. The Balaban J connectivity index is 1.82. The molecular formula is C20H27NO. The Hall–Kier alpha value is -1.57. The van der Waals surface area contributed by atoms with E-state index in [0.717, 1.165) is 12.7 Å². The Labute approximate surface area is 134 Å². The van der Waals surface area contributed by atoms with Crippen LogP contribution in [0, 0.1) is 11.8 Å². The normalized spacial score (nSPS) is 26.3. The number of anilines is 1. The molecule has 1 fully saturated rings. The van der Waals surface area contributed by atoms with Crippen molar-refractivity contribution in [2.75, 3.05) is 5.32 Å². The monoisotopic (exact) mass is 297 g/mol. The molecule has 0 amide bonds. The van der Waals surface area contributed by atoms with Crippen LogP contribution in [0.25, 0.3) is 5.57 Å². The van der Waals surface area contributed by atoms with Gasteiger partial charge >= 0.3 is 0 Å². The Kier molecular flexibility index (Phi) is 4.66. The molecule has 0 aliphatic heterocycles. The highest BCUT2D eigenvalue weighted by Gasteiger charge is 2.29. The predicted molar refractivity (Wildman–Crippen MR) is 92.9 cm³/mol. The van der Waals surface area contributed by atoms with Crippen molar-refractivity contribution >= 4 is 17.5 Å². The predicted octanol–water partition coefficient (Wildman–Crippen LogP) is 5.06. The maximum Gasteiger partial charge on any atom is 0.127 e. The van der Waals surface area contributed by atoms with Crippen LogP contribution in [0.15, 0.2) is 29.8 Å². The van der Waals surface area contributed by atoms with Crippen LogP contribution in [-0.4, -0.2) is 12.3 Å². The molecule has 0 bridgehead atoms. The zero-order valence-corrected chi connectivity index (χ0v) is 13.8. The van der Waals surface area contributed by atoms with Crippen LogP contribution in [-0.2, 0) is 4.79 Å². The zero-order valence-electron chi connectivity index (χ0n) is 13.8. The van der Waals surface area contributed by atoms with Gasteiger partial charge in [0.1, 0.15) is 6.29 Å².